The van der Waals surface area contributed by atoms with Crippen LogP contribution in [0.2, 0.25) is 5.02 Å². The first-order chi connectivity index (χ1) is 9.24. The number of aromatic nitrogens is 1. The Labute approximate surface area is 116 Å². The summed E-state index contributed by atoms with van der Waals surface area (Å²) in [5, 5.41) is 4.45. The van der Waals surface area contributed by atoms with Gasteiger partial charge in [0, 0.05) is 11.2 Å². The van der Waals surface area contributed by atoms with Crippen LogP contribution in [0, 0.1) is 0 Å². The summed E-state index contributed by atoms with van der Waals surface area (Å²) in [6.07, 6.45) is 3.39. The average Bonchev–Trinajstić information content (AvgIpc) is 2.40. The van der Waals surface area contributed by atoms with E-state index in [0.717, 1.165) is 5.56 Å². The van der Waals surface area contributed by atoms with E-state index in [9.17, 15) is 4.79 Å². The van der Waals surface area contributed by atoms with Crippen molar-refractivity contribution >= 4 is 23.7 Å². The van der Waals surface area contributed by atoms with Gasteiger partial charge in [-0.15, -0.1) is 0 Å². The Balaban J connectivity index is 1.87. The van der Waals surface area contributed by atoms with E-state index >= 15 is 0 Å². The fraction of sp³-hybridized carbons (Fsp3) is 0.0714. The molecule has 0 saturated heterocycles. The largest absolute Gasteiger partial charge is 0.273 e. The molecule has 2 rings (SSSR count). The second-order valence-electron chi connectivity index (χ2n) is 3.85. The van der Waals surface area contributed by atoms with Crippen molar-refractivity contribution in [2.45, 2.75) is 6.42 Å². The van der Waals surface area contributed by atoms with Crippen molar-refractivity contribution in [3.05, 3.63) is 64.9 Å². The predicted molar refractivity (Wildman–Crippen MR) is 75.1 cm³/mol. The monoisotopic (exact) mass is 273 g/mol. The summed E-state index contributed by atoms with van der Waals surface area (Å²) in [6, 6.07) is 12.6. The van der Waals surface area contributed by atoms with Gasteiger partial charge in [0.25, 0.3) is 0 Å². The summed E-state index contributed by atoms with van der Waals surface area (Å²) >= 11 is 5.84. The second kappa shape index (κ2) is 6.66. The molecule has 1 heterocycles. The van der Waals surface area contributed by atoms with Crippen LogP contribution in [0.15, 0.2) is 53.8 Å². The van der Waals surface area contributed by atoms with E-state index in [1.165, 1.54) is 6.21 Å². The zero-order chi connectivity index (χ0) is 13.5. The molecule has 0 atom stereocenters. The van der Waals surface area contributed by atoms with Crippen molar-refractivity contribution < 1.29 is 4.79 Å². The summed E-state index contributed by atoms with van der Waals surface area (Å²) in [5.74, 6) is -0.200. The first-order valence-corrected chi connectivity index (χ1v) is 6.09. The number of hydrazone groups is 1. The van der Waals surface area contributed by atoms with Crippen LogP contribution in [0.4, 0.5) is 0 Å². The number of hydrogen-bond donors (Lipinski definition) is 1. The maximum absolute atomic E-state index is 11.6. The highest BCUT2D eigenvalue weighted by atomic mass is 35.5. The van der Waals surface area contributed by atoms with Crippen LogP contribution in [0.1, 0.15) is 11.3 Å². The van der Waals surface area contributed by atoms with Gasteiger partial charge in [0.05, 0.1) is 18.3 Å². The number of nitrogens with one attached hydrogen (secondary N) is 1. The number of amides is 1. The molecule has 1 aromatic heterocycles. The Kier molecular flexibility index (Phi) is 4.64. The van der Waals surface area contributed by atoms with Crippen molar-refractivity contribution in [1.82, 2.24) is 10.4 Å². The SMILES string of the molecule is O=C(Cc1cccc(Cl)c1)NN=Cc1ccccn1. The van der Waals surface area contributed by atoms with Gasteiger partial charge in [0.1, 0.15) is 0 Å². The van der Waals surface area contributed by atoms with Crippen LogP contribution >= 0.6 is 11.6 Å². The lowest BCUT2D eigenvalue weighted by Gasteiger charge is -2.00. The highest BCUT2D eigenvalue weighted by molar-refractivity contribution is 6.30. The highest BCUT2D eigenvalue weighted by Crippen LogP contribution is 2.10. The zero-order valence-electron chi connectivity index (χ0n) is 10.1. The molecule has 1 N–H and O–H groups in total. The van der Waals surface area contributed by atoms with Gasteiger partial charge >= 0.3 is 0 Å². The molecule has 0 saturated carbocycles. The molecular weight excluding hydrogens is 262 g/mol. The molecule has 1 amide bonds. The van der Waals surface area contributed by atoms with Crippen LogP contribution in [0.5, 0.6) is 0 Å². The molecule has 0 spiro atoms. The van der Waals surface area contributed by atoms with Gasteiger partial charge in [-0.2, -0.15) is 5.10 Å². The number of nitrogens with zero attached hydrogens (tertiary/aromatic N) is 2. The maximum atomic E-state index is 11.6. The van der Waals surface area contributed by atoms with Crippen molar-refractivity contribution in [3.63, 3.8) is 0 Å². The van der Waals surface area contributed by atoms with E-state index < -0.39 is 0 Å². The van der Waals surface area contributed by atoms with Gasteiger partial charge in [0.2, 0.25) is 5.91 Å². The minimum atomic E-state index is -0.200. The maximum Gasteiger partial charge on any atom is 0.244 e. The molecule has 2 aromatic rings. The van der Waals surface area contributed by atoms with Crippen LogP contribution < -0.4 is 5.43 Å². The quantitative estimate of drug-likeness (QED) is 0.687. The first-order valence-electron chi connectivity index (χ1n) is 5.71. The summed E-state index contributed by atoms with van der Waals surface area (Å²) in [4.78, 5) is 15.7. The number of rotatable bonds is 4. The minimum absolute atomic E-state index is 0.200. The molecule has 0 radical (unpaired) electrons. The molecule has 0 aliphatic carbocycles. The fourth-order valence-electron chi connectivity index (χ4n) is 1.49. The van der Waals surface area contributed by atoms with E-state index in [1.54, 1.807) is 24.4 Å². The Bertz CT molecular complexity index is 584. The van der Waals surface area contributed by atoms with Gasteiger partial charge in [-0.3, -0.25) is 9.78 Å². The standard InChI is InChI=1S/C14H12ClN3O/c15-12-5-3-4-11(8-12)9-14(19)18-17-10-13-6-1-2-7-16-13/h1-8,10H,9H2,(H,18,19). The number of benzene rings is 1. The first kappa shape index (κ1) is 13.2. The Morgan fingerprint density at radius 1 is 1.32 bits per heavy atom. The summed E-state index contributed by atoms with van der Waals surface area (Å²) in [7, 11) is 0. The molecule has 4 nitrogen and oxygen atoms in total. The van der Waals surface area contributed by atoms with Gasteiger partial charge in [-0.1, -0.05) is 29.8 Å². The minimum Gasteiger partial charge on any atom is -0.273 e. The zero-order valence-corrected chi connectivity index (χ0v) is 10.8. The summed E-state index contributed by atoms with van der Waals surface area (Å²) in [5.41, 5.74) is 3.98. The Morgan fingerprint density at radius 2 is 2.21 bits per heavy atom. The molecule has 0 aliphatic heterocycles. The molecule has 0 unspecified atom stereocenters. The van der Waals surface area contributed by atoms with Crippen molar-refractivity contribution in [2.24, 2.45) is 5.10 Å². The highest BCUT2D eigenvalue weighted by Gasteiger charge is 2.02. The van der Waals surface area contributed by atoms with E-state index in [0.29, 0.717) is 10.7 Å². The van der Waals surface area contributed by atoms with Gasteiger partial charge in [-0.25, -0.2) is 5.43 Å². The molecule has 96 valence electrons. The van der Waals surface area contributed by atoms with E-state index in [2.05, 4.69) is 15.5 Å². The van der Waals surface area contributed by atoms with Gasteiger partial charge in [-0.05, 0) is 29.8 Å². The van der Waals surface area contributed by atoms with E-state index in [-0.39, 0.29) is 12.3 Å². The number of carbonyl (C=O) groups is 1. The average molecular weight is 274 g/mol. The number of carbonyl (C=O) groups excluding carboxylic acids is 1. The number of halogens is 1. The van der Waals surface area contributed by atoms with E-state index in [1.807, 2.05) is 24.3 Å². The molecule has 1 aromatic carbocycles. The van der Waals surface area contributed by atoms with Gasteiger partial charge in [0.15, 0.2) is 0 Å². The predicted octanol–water partition coefficient (Wildman–Crippen LogP) is 2.43. The lowest BCUT2D eigenvalue weighted by Crippen LogP contribution is -2.19. The third-order valence-corrected chi connectivity index (χ3v) is 2.56. The van der Waals surface area contributed by atoms with E-state index in [4.69, 9.17) is 11.6 Å². The molecular formula is C14H12ClN3O. The molecule has 0 fully saturated rings. The van der Waals surface area contributed by atoms with Crippen LogP contribution in [-0.4, -0.2) is 17.1 Å². The molecule has 5 heteroatoms. The lowest BCUT2D eigenvalue weighted by atomic mass is 10.1. The van der Waals surface area contributed by atoms with Gasteiger partial charge < -0.3 is 0 Å². The third-order valence-electron chi connectivity index (χ3n) is 2.33. The second-order valence-corrected chi connectivity index (χ2v) is 4.29. The third kappa shape index (κ3) is 4.52. The topological polar surface area (TPSA) is 54.4 Å². The van der Waals surface area contributed by atoms with Crippen molar-refractivity contribution in [2.75, 3.05) is 0 Å². The molecule has 0 aliphatic rings. The van der Waals surface area contributed by atoms with Crippen molar-refractivity contribution in [3.8, 4) is 0 Å². The smallest absolute Gasteiger partial charge is 0.244 e. The number of hydrogen-bond acceptors (Lipinski definition) is 3. The van der Waals surface area contributed by atoms with Crippen LogP contribution in [-0.2, 0) is 11.2 Å². The van der Waals surface area contributed by atoms with Crippen LogP contribution in [0.25, 0.3) is 0 Å². The summed E-state index contributed by atoms with van der Waals surface area (Å²) in [6.45, 7) is 0. The Morgan fingerprint density at radius 3 is 2.95 bits per heavy atom. The van der Waals surface area contributed by atoms with Crippen molar-refractivity contribution in [1.29, 1.82) is 0 Å². The van der Waals surface area contributed by atoms with Crippen LogP contribution in [0.3, 0.4) is 0 Å². The number of pyridine rings is 1. The summed E-state index contributed by atoms with van der Waals surface area (Å²) < 4.78 is 0. The lowest BCUT2D eigenvalue weighted by molar-refractivity contribution is -0.120. The normalized spacial score (nSPS) is 10.6. The molecule has 0 bridgehead atoms. The molecule has 19 heavy (non-hydrogen) atoms. The Hall–Kier alpha value is -2.20. The fourth-order valence-corrected chi connectivity index (χ4v) is 1.71.